The van der Waals surface area contributed by atoms with E-state index in [1.807, 2.05) is 0 Å². The maximum atomic E-state index is 15.1. The Morgan fingerprint density at radius 2 is 1.75 bits per heavy atom. The van der Waals surface area contributed by atoms with E-state index in [4.69, 9.17) is 0 Å². The van der Waals surface area contributed by atoms with Crippen LogP contribution in [-0.2, 0) is 6.42 Å². The number of aliphatic hydroxyl groups excluding tert-OH is 1. The van der Waals surface area contributed by atoms with Crippen molar-refractivity contribution < 1.29 is 28.3 Å². The van der Waals surface area contributed by atoms with Gasteiger partial charge in [-0.25, -0.2) is 13.8 Å². The molecule has 11 heteroatoms. The van der Waals surface area contributed by atoms with Crippen LogP contribution in [-0.4, -0.2) is 74.3 Å². The summed E-state index contributed by atoms with van der Waals surface area (Å²) in [5.41, 5.74) is 2.20. The lowest BCUT2D eigenvalue weighted by Gasteiger charge is -2.31. The Bertz CT molecular complexity index is 1850. The molecule has 0 unspecified atom stereocenters. The zero-order chi connectivity index (χ0) is 34.0. The first kappa shape index (κ1) is 33.4. The van der Waals surface area contributed by atoms with E-state index in [0.29, 0.717) is 36.2 Å². The summed E-state index contributed by atoms with van der Waals surface area (Å²) in [6.45, 7) is 6.58. The molecule has 2 fully saturated rings. The zero-order valence-electron chi connectivity index (χ0n) is 27.3. The third-order valence-electron chi connectivity index (χ3n) is 9.79. The van der Waals surface area contributed by atoms with Gasteiger partial charge in [0.05, 0.1) is 23.9 Å². The maximum Gasteiger partial charge on any atom is 0.254 e. The average molecular weight is 658 g/mol. The molecule has 2 aliphatic rings. The van der Waals surface area contributed by atoms with Crippen LogP contribution >= 0.6 is 0 Å². The molecule has 1 saturated heterocycles. The number of Topliss-reactive ketones (excluding diaryl/α,β-unsaturated/α-hetero) is 1. The van der Waals surface area contributed by atoms with Crippen LogP contribution in [0.15, 0.2) is 60.9 Å². The Balaban J connectivity index is 1.11. The molecule has 1 aliphatic heterocycles. The van der Waals surface area contributed by atoms with Gasteiger partial charge in [-0.15, -0.1) is 0 Å². The van der Waals surface area contributed by atoms with Crippen molar-refractivity contribution in [1.82, 2.24) is 24.9 Å². The minimum absolute atomic E-state index is 0.105. The summed E-state index contributed by atoms with van der Waals surface area (Å²) in [5.74, 6) is -2.54. The van der Waals surface area contributed by atoms with Gasteiger partial charge >= 0.3 is 0 Å². The van der Waals surface area contributed by atoms with Crippen LogP contribution in [0.2, 0.25) is 0 Å². The monoisotopic (exact) mass is 657 g/mol. The predicted molar refractivity (Wildman–Crippen MR) is 178 cm³/mol. The second-order valence-corrected chi connectivity index (χ2v) is 13.5. The van der Waals surface area contributed by atoms with Gasteiger partial charge in [0.15, 0.2) is 5.78 Å². The van der Waals surface area contributed by atoms with Gasteiger partial charge in [0.2, 0.25) is 0 Å². The van der Waals surface area contributed by atoms with Crippen LogP contribution in [0.1, 0.15) is 89.1 Å². The first-order valence-electron chi connectivity index (χ1n) is 16.6. The summed E-state index contributed by atoms with van der Waals surface area (Å²) in [7, 11) is 0. The topological polar surface area (TPSA) is 116 Å². The molecular formula is C37H41F2N5O4. The molecule has 0 bridgehead atoms. The van der Waals surface area contributed by atoms with Crippen LogP contribution in [0.5, 0.6) is 0 Å². The number of nitrogens with one attached hydrogen (secondary N) is 2. The lowest BCUT2D eigenvalue weighted by Crippen LogP contribution is -2.45. The van der Waals surface area contributed by atoms with Crippen molar-refractivity contribution in [3.63, 3.8) is 0 Å². The molecule has 4 aromatic rings. The Labute approximate surface area is 278 Å². The molecule has 2 atom stereocenters. The number of carbonyl (C=O) groups excluding carboxylic acids is 3. The molecular weight excluding hydrogens is 616 g/mol. The van der Waals surface area contributed by atoms with E-state index in [0.717, 1.165) is 38.8 Å². The number of nitrogens with zero attached hydrogens (tertiary/aromatic N) is 3. The minimum Gasteiger partial charge on any atom is -0.391 e. The zero-order valence-corrected chi connectivity index (χ0v) is 27.3. The summed E-state index contributed by atoms with van der Waals surface area (Å²) in [6, 6.07) is 11.4. The fourth-order valence-corrected chi connectivity index (χ4v) is 6.87. The highest BCUT2D eigenvalue weighted by Gasteiger charge is 2.31. The summed E-state index contributed by atoms with van der Waals surface area (Å²) < 4.78 is 31.5. The van der Waals surface area contributed by atoms with Crippen LogP contribution in [0.3, 0.4) is 0 Å². The van der Waals surface area contributed by atoms with Gasteiger partial charge in [0, 0.05) is 36.8 Å². The highest BCUT2D eigenvalue weighted by atomic mass is 19.1. The molecule has 6 rings (SSSR count). The number of amides is 2. The second kappa shape index (κ2) is 13.9. The third-order valence-corrected chi connectivity index (χ3v) is 9.79. The summed E-state index contributed by atoms with van der Waals surface area (Å²) in [6.07, 6.45) is 7.44. The molecule has 2 amide bonds. The number of benzene rings is 2. The number of hydrogen-bond acceptors (Lipinski definition) is 6. The molecule has 0 radical (unpaired) electrons. The van der Waals surface area contributed by atoms with Gasteiger partial charge < -0.3 is 15.7 Å². The summed E-state index contributed by atoms with van der Waals surface area (Å²) >= 11 is 0. The number of pyridine rings is 1. The minimum atomic E-state index is -0.692. The summed E-state index contributed by atoms with van der Waals surface area (Å²) in [4.78, 5) is 45.6. The lowest BCUT2D eigenvalue weighted by molar-refractivity contribution is 0.0714. The standard InChI is InChI=1S/C37H41F2N5O4/c1-37(2)13-5-15-43(37)17-14-40-35(47)25-9-11-28(38)26(18-25)20-33(46)31-22-41-34-21-24(12-16-44(31)34)23-8-10-27(29(39)19-23)36(48)42-30-6-3-4-7-32(30)45/h8-12,16,18-19,21-22,30,32,45H,3-7,13-15,17,20H2,1-2H3,(H,40,47)(H,42,48)/t30-,32-/m1/s1. The Hall–Kier alpha value is -4.48. The van der Waals surface area contributed by atoms with Crippen LogP contribution in [0.4, 0.5) is 8.78 Å². The number of imidazole rings is 1. The number of aromatic nitrogens is 2. The third kappa shape index (κ3) is 7.17. The van der Waals surface area contributed by atoms with Gasteiger partial charge in [-0.1, -0.05) is 18.9 Å². The molecule has 3 N–H and O–H groups in total. The highest BCUT2D eigenvalue weighted by Crippen LogP contribution is 2.28. The van der Waals surface area contributed by atoms with Crippen molar-refractivity contribution >= 4 is 23.2 Å². The van der Waals surface area contributed by atoms with E-state index in [1.165, 1.54) is 36.5 Å². The number of aliphatic hydroxyl groups is 1. The maximum absolute atomic E-state index is 15.1. The molecule has 2 aromatic heterocycles. The average Bonchev–Trinajstić information content (AvgIpc) is 3.64. The second-order valence-electron chi connectivity index (χ2n) is 13.5. The van der Waals surface area contributed by atoms with Gasteiger partial charge in [0.25, 0.3) is 11.8 Å². The first-order valence-corrected chi connectivity index (χ1v) is 16.6. The van der Waals surface area contributed by atoms with E-state index in [2.05, 4.69) is 34.4 Å². The van der Waals surface area contributed by atoms with Gasteiger partial charge in [-0.3, -0.25) is 23.7 Å². The first-order chi connectivity index (χ1) is 23.0. The van der Waals surface area contributed by atoms with Gasteiger partial charge in [-0.2, -0.15) is 0 Å². The highest BCUT2D eigenvalue weighted by molar-refractivity contribution is 5.98. The molecule has 48 heavy (non-hydrogen) atoms. The number of likely N-dealkylation sites (tertiary alicyclic amines) is 1. The number of rotatable bonds is 10. The largest absolute Gasteiger partial charge is 0.391 e. The fourth-order valence-electron chi connectivity index (χ4n) is 6.87. The van der Waals surface area contributed by atoms with E-state index in [9.17, 15) is 23.9 Å². The van der Waals surface area contributed by atoms with Crippen LogP contribution in [0, 0.1) is 11.6 Å². The normalized spacial score (nSPS) is 19.4. The molecule has 0 spiro atoms. The molecule has 9 nitrogen and oxygen atoms in total. The Morgan fingerprint density at radius 1 is 0.958 bits per heavy atom. The molecule has 1 aliphatic carbocycles. The smallest absolute Gasteiger partial charge is 0.254 e. The number of carbonyl (C=O) groups is 3. The van der Waals surface area contributed by atoms with Crippen molar-refractivity contribution in [1.29, 1.82) is 0 Å². The van der Waals surface area contributed by atoms with Crippen LogP contribution < -0.4 is 10.6 Å². The Morgan fingerprint density at radius 3 is 2.50 bits per heavy atom. The SMILES string of the molecule is CC1(C)CCCN1CCNC(=O)c1ccc(F)c(CC(=O)c2cnc3cc(-c4ccc(C(=O)N[C@@H]5CCCC[C@H]5O)c(F)c4)ccn23)c1. The number of halogens is 2. The van der Waals surface area contributed by atoms with E-state index >= 15 is 4.39 Å². The van der Waals surface area contributed by atoms with Crippen molar-refractivity contribution in [2.45, 2.75) is 76.5 Å². The van der Waals surface area contributed by atoms with Gasteiger partial charge in [-0.05, 0) is 105 Å². The van der Waals surface area contributed by atoms with Crippen molar-refractivity contribution in [2.75, 3.05) is 19.6 Å². The molecule has 252 valence electrons. The molecule has 3 heterocycles. The number of hydrogen-bond donors (Lipinski definition) is 3. The lowest BCUT2D eigenvalue weighted by atomic mass is 9.92. The van der Waals surface area contributed by atoms with E-state index in [-0.39, 0.29) is 46.0 Å². The summed E-state index contributed by atoms with van der Waals surface area (Å²) in [5, 5.41) is 15.8. The fraction of sp³-hybridized carbons (Fsp3) is 0.405. The number of ketones is 1. The van der Waals surface area contributed by atoms with Gasteiger partial charge in [0.1, 0.15) is 23.0 Å². The molecule has 2 aromatic carbocycles. The predicted octanol–water partition coefficient (Wildman–Crippen LogP) is 5.34. The van der Waals surface area contributed by atoms with Crippen LogP contribution in [0.25, 0.3) is 16.8 Å². The van der Waals surface area contributed by atoms with Crippen molar-refractivity contribution in [2.24, 2.45) is 0 Å². The van der Waals surface area contributed by atoms with E-state index < -0.39 is 29.7 Å². The molecule has 1 saturated carbocycles. The number of fused-ring (bicyclic) bond motifs is 1. The van der Waals surface area contributed by atoms with Crippen molar-refractivity contribution in [3.05, 3.63) is 94.9 Å². The van der Waals surface area contributed by atoms with Crippen molar-refractivity contribution in [3.8, 4) is 11.1 Å². The quantitative estimate of drug-likeness (QED) is 0.198. The Kier molecular flexibility index (Phi) is 9.70. The van der Waals surface area contributed by atoms with E-state index in [1.54, 1.807) is 28.8 Å².